The van der Waals surface area contributed by atoms with Crippen molar-refractivity contribution in [2.45, 2.75) is 6.42 Å². The van der Waals surface area contributed by atoms with Gasteiger partial charge in [-0.15, -0.1) is 0 Å². The Morgan fingerprint density at radius 2 is 1.93 bits per heavy atom. The van der Waals surface area contributed by atoms with Crippen LogP contribution < -0.4 is 4.90 Å². The van der Waals surface area contributed by atoms with Crippen molar-refractivity contribution >= 4 is 23.1 Å². The standard InChI is InChI=1S/C18H17FN6O3/c19-13-1-3-17-21-14(12-24(17)11-13)9-18(26)23-7-5-22(6-8-23)16-4-2-15(10-20-16)25(27)28/h1-4,10-12H,5-9H2. The van der Waals surface area contributed by atoms with E-state index >= 15 is 0 Å². The minimum Gasteiger partial charge on any atom is -0.353 e. The lowest BCUT2D eigenvalue weighted by atomic mass is 10.2. The molecule has 0 aromatic carbocycles. The monoisotopic (exact) mass is 384 g/mol. The summed E-state index contributed by atoms with van der Waals surface area (Å²) < 4.78 is 14.8. The third kappa shape index (κ3) is 3.61. The molecule has 3 aromatic heterocycles. The van der Waals surface area contributed by atoms with E-state index in [-0.39, 0.29) is 23.8 Å². The van der Waals surface area contributed by atoms with Gasteiger partial charge in [-0.1, -0.05) is 0 Å². The molecular weight excluding hydrogens is 367 g/mol. The predicted octanol–water partition coefficient (Wildman–Crippen LogP) is 1.67. The maximum atomic E-state index is 13.3. The van der Waals surface area contributed by atoms with Crippen LogP contribution in [0.2, 0.25) is 0 Å². The van der Waals surface area contributed by atoms with Gasteiger partial charge in [0.15, 0.2) is 0 Å². The predicted molar refractivity (Wildman–Crippen MR) is 98.5 cm³/mol. The summed E-state index contributed by atoms with van der Waals surface area (Å²) in [6.45, 7) is 2.23. The first-order valence-electron chi connectivity index (χ1n) is 8.76. The fourth-order valence-corrected chi connectivity index (χ4v) is 3.23. The number of fused-ring (bicyclic) bond motifs is 1. The molecular formula is C18H17FN6O3. The summed E-state index contributed by atoms with van der Waals surface area (Å²) >= 11 is 0. The first-order valence-corrected chi connectivity index (χ1v) is 8.76. The molecule has 0 bridgehead atoms. The van der Waals surface area contributed by atoms with Gasteiger partial charge < -0.3 is 14.2 Å². The van der Waals surface area contributed by atoms with Crippen LogP contribution in [-0.2, 0) is 11.2 Å². The zero-order chi connectivity index (χ0) is 19.7. The smallest absolute Gasteiger partial charge is 0.287 e. The Balaban J connectivity index is 1.36. The van der Waals surface area contributed by atoms with Gasteiger partial charge in [0, 0.05) is 44.6 Å². The van der Waals surface area contributed by atoms with Crippen LogP contribution in [0.1, 0.15) is 5.69 Å². The zero-order valence-electron chi connectivity index (χ0n) is 14.9. The van der Waals surface area contributed by atoms with Crippen LogP contribution in [0.25, 0.3) is 5.65 Å². The van der Waals surface area contributed by atoms with E-state index in [0.717, 1.165) is 0 Å². The molecule has 0 atom stereocenters. The number of nitrogens with zero attached hydrogens (tertiary/aromatic N) is 6. The molecule has 1 aliphatic heterocycles. The summed E-state index contributed by atoms with van der Waals surface area (Å²) in [5.74, 6) is 0.249. The number of imidazole rings is 1. The average molecular weight is 384 g/mol. The SMILES string of the molecule is O=C(Cc1cn2cc(F)ccc2n1)N1CCN(c2ccc([N+](=O)[O-])cn2)CC1. The summed E-state index contributed by atoms with van der Waals surface area (Å²) in [5.41, 5.74) is 1.14. The Morgan fingerprint density at radius 1 is 1.14 bits per heavy atom. The van der Waals surface area contributed by atoms with E-state index in [2.05, 4.69) is 9.97 Å². The van der Waals surface area contributed by atoms with Gasteiger partial charge >= 0.3 is 0 Å². The molecule has 0 unspecified atom stereocenters. The number of hydrogen-bond acceptors (Lipinski definition) is 6. The van der Waals surface area contributed by atoms with Crippen LogP contribution in [0.3, 0.4) is 0 Å². The fourth-order valence-electron chi connectivity index (χ4n) is 3.23. The minimum absolute atomic E-state index is 0.0415. The molecule has 1 aliphatic rings. The first-order chi connectivity index (χ1) is 13.5. The third-order valence-corrected chi connectivity index (χ3v) is 4.70. The zero-order valence-corrected chi connectivity index (χ0v) is 14.9. The van der Waals surface area contributed by atoms with Crippen molar-refractivity contribution in [3.8, 4) is 0 Å². The van der Waals surface area contributed by atoms with Crippen molar-refractivity contribution in [3.05, 3.63) is 64.5 Å². The summed E-state index contributed by atoms with van der Waals surface area (Å²) in [7, 11) is 0. The normalized spacial score (nSPS) is 14.5. The summed E-state index contributed by atoms with van der Waals surface area (Å²) in [4.78, 5) is 35.0. The molecule has 0 radical (unpaired) electrons. The Morgan fingerprint density at radius 3 is 2.61 bits per heavy atom. The fraction of sp³-hybridized carbons (Fsp3) is 0.278. The number of carbonyl (C=O) groups excluding carboxylic acids is 1. The highest BCUT2D eigenvalue weighted by Gasteiger charge is 2.23. The maximum absolute atomic E-state index is 13.3. The minimum atomic E-state index is -0.485. The lowest BCUT2D eigenvalue weighted by molar-refractivity contribution is -0.385. The van der Waals surface area contributed by atoms with Gasteiger partial charge in [0.05, 0.1) is 17.0 Å². The Hall–Kier alpha value is -3.56. The summed E-state index contributed by atoms with van der Waals surface area (Å²) in [5, 5.41) is 10.7. The molecule has 28 heavy (non-hydrogen) atoms. The number of amides is 1. The van der Waals surface area contributed by atoms with E-state index in [9.17, 15) is 19.3 Å². The molecule has 0 saturated carbocycles. The van der Waals surface area contributed by atoms with Crippen LogP contribution in [0, 0.1) is 15.9 Å². The van der Waals surface area contributed by atoms with Crippen molar-refractivity contribution in [1.29, 1.82) is 0 Å². The largest absolute Gasteiger partial charge is 0.353 e. The molecule has 1 amide bonds. The van der Waals surface area contributed by atoms with Gasteiger partial charge in [-0.25, -0.2) is 14.4 Å². The third-order valence-electron chi connectivity index (χ3n) is 4.70. The van der Waals surface area contributed by atoms with Crippen LogP contribution in [0.4, 0.5) is 15.9 Å². The quantitative estimate of drug-likeness (QED) is 0.501. The molecule has 4 heterocycles. The molecule has 4 rings (SSSR count). The topological polar surface area (TPSA) is 96.9 Å². The molecule has 10 heteroatoms. The molecule has 0 N–H and O–H groups in total. The highest BCUT2D eigenvalue weighted by molar-refractivity contribution is 5.78. The molecule has 3 aromatic rings. The van der Waals surface area contributed by atoms with Gasteiger partial charge in [0.1, 0.15) is 23.5 Å². The lowest BCUT2D eigenvalue weighted by Crippen LogP contribution is -2.49. The average Bonchev–Trinajstić information content (AvgIpc) is 3.09. The van der Waals surface area contributed by atoms with Gasteiger partial charge in [-0.2, -0.15) is 0 Å². The van der Waals surface area contributed by atoms with E-state index in [0.29, 0.717) is 43.3 Å². The van der Waals surface area contributed by atoms with Crippen molar-refractivity contribution in [1.82, 2.24) is 19.3 Å². The Bertz CT molecular complexity index is 1030. The highest BCUT2D eigenvalue weighted by atomic mass is 19.1. The van der Waals surface area contributed by atoms with Crippen molar-refractivity contribution in [2.24, 2.45) is 0 Å². The van der Waals surface area contributed by atoms with Crippen LogP contribution >= 0.6 is 0 Å². The van der Waals surface area contributed by atoms with Gasteiger partial charge in [0.2, 0.25) is 5.91 Å². The van der Waals surface area contributed by atoms with Crippen molar-refractivity contribution < 1.29 is 14.1 Å². The second kappa shape index (κ2) is 7.22. The molecule has 1 saturated heterocycles. The Kier molecular flexibility index (Phi) is 4.60. The second-order valence-corrected chi connectivity index (χ2v) is 6.52. The summed E-state index contributed by atoms with van der Waals surface area (Å²) in [6, 6.07) is 5.94. The number of anilines is 1. The summed E-state index contributed by atoms with van der Waals surface area (Å²) in [6.07, 6.45) is 4.37. The second-order valence-electron chi connectivity index (χ2n) is 6.52. The van der Waals surface area contributed by atoms with E-state index in [1.165, 1.54) is 24.5 Å². The van der Waals surface area contributed by atoms with Crippen LogP contribution in [-0.4, -0.2) is 56.3 Å². The van der Waals surface area contributed by atoms with E-state index in [4.69, 9.17) is 0 Å². The number of carbonyl (C=O) groups is 1. The molecule has 1 fully saturated rings. The number of nitro groups is 1. The van der Waals surface area contributed by atoms with Crippen LogP contribution in [0.5, 0.6) is 0 Å². The van der Waals surface area contributed by atoms with E-state index in [1.807, 2.05) is 4.90 Å². The van der Waals surface area contributed by atoms with Gasteiger partial charge in [0.25, 0.3) is 5.69 Å². The maximum Gasteiger partial charge on any atom is 0.287 e. The molecule has 0 spiro atoms. The van der Waals surface area contributed by atoms with Crippen LogP contribution in [0.15, 0.2) is 42.9 Å². The van der Waals surface area contributed by atoms with Gasteiger partial charge in [-0.3, -0.25) is 14.9 Å². The molecule has 0 aliphatic carbocycles. The Labute approximate surface area is 159 Å². The molecule has 144 valence electrons. The highest BCUT2D eigenvalue weighted by Crippen LogP contribution is 2.18. The number of pyridine rings is 2. The number of rotatable bonds is 4. The lowest BCUT2D eigenvalue weighted by Gasteiger charge is -2.35. The van der Waals surface area contributed by atoms with E-state index in [1.54, 1.807) is 27.6 Å². The van der Waals surface area contributed by atoms with Gasteiger partial charge in [-0.05, 0) is 18.2 Å². The number of piperazine rings is 1. The van der Waals surface area contributed by atoms with Crippen molar-refractivity contribution in [3.63, 3.8) is 0 Å². The first kappa shape index (κ1) is 17.8. The number of aromatic nitrogens is 3. The number of halogens is 1. The van der Waals surface area contributed by atoms with Crippen molar-refractivity contribution in [2.75, 3.05) is 31.1 Å². The van der Waals surface area contributed by atoms with E-state index < -0.39 is 4.92 Å². The molecule has 9 nitrogen and oxygen atoms in total. The number of hydrogen-bond donors (Lipinski definition) is 0.